The van der Waals surface area contributed by atoms with Gasteiger partial charge in [-0.2, -0.15) is 0 Å². The molecule has 0 fully saturated rings. The zero-order valence-corrected chi connectivity index (χ0v) is 12.8. The van der Waals surface area contributed by atoms with Crippen LogP contribution < -0.4 is 0 Å². The molecule has 0 saturated carbocycles. The van der Waals surface area contributed by atoms with Crippen molar-refractivity contribution in [3.8, 4) is 0 Å². The van der Waals surface area contributed by atoms with Crippen LogP contribution in [-0.4, -0.2) is 23.8 Å². The second-order valence-corrected chi connectivity index (χ2v) is 5.39. The van der Waals surface area contributed by atoms with Crippen molar-refractivity contribution in [3.05, 3.63) is 0 Å². The molecule has 0 aliphatic rings. The van der Waals surface area contributed by atoms with Crippen LogP contribution in [0.25, 0.3) is 0 Å². The van der Waals surface area contributed by atoms with Crippen LogP contribution in [0.5, 0.6) is 0 Å². The summed E-state index contributed by atoms with van der Waals surface area (Å²) in [6, 6.07) is 0. The molecule has 0 saturated heterocycles. The van der Waals surface area contributed by atoms with Gasteiger partial charge in [-0.15, -0.1) is 0 Å². The highest BCUT2D eigenvalue weighted by molar-refractivity contribution is 5.69. The van der Waals surface area contributed by atoms with Gasteiger partial charge in [0.05, 0.1) is 0 Å². The molecule has 0 aromatic rings. The van der Waals surface area contributed by atoms with Gasteiger partial charge in [0, 0.05) is 19.4 Å². The molecule has 1 atom stereocenters. The van der Waals surface area contributed by atoms with E-state index in [2.05, 4.69) is 6.92 Å². The van der Waals surface area contributed by atoms with E-state index in [1.165, 1.54) is 44.9 Å². The Morgan fingerprint density at radius 1 is 1.00 bits per heavy atom. The third-order valence-corrected chi connectivity index (χ3v) is 3.35. The molecule has 3 nitrogen and oxygen atoms in total. The Bertz CT molecular complexity index is 204. The van der Waals surface area contributed by atoms with Crippen molar-refractivity contribution in [1.29, 1.82) is 0 Å². The molecule has 0 aliphatic carbocycles. The average Bonchev–Trinajstić information content (AvgIpc) is 2.37. The topological polar surface area (TPSA) is 46.5 Å². The third kappa shape index (κ3) is 13.7. The van der Waals surface area contributed by atoms with Gasteiger partial charge in [-0.3, -0.25) is 4.79 Å². The van der Waals surface area contributed by atoms with Crippen LogP contribution in [0, 0.1) is 0 Å². The van der Waals surface area contributed by atoms with Crippen LogP contribution in [0.15, 0.2) is 0 Å². The van der Waals surface area contributed by atoms with Crippen molar-refractivity contribution in [3.63, 3.8) is 0 Å². The molecule has 0 heterocycles. The fourth-order valence-corrected chi connectivity index (χ4v) is 2.10. The van der Waals surface area contributed by atoms with E-state index in [0.29, 0.717) is 12.8 Å². The number of rotatable bonds is 13. The lowest BCUT2D eigenvalue weighted by Gasteiger charge is -2.11. The highest BCUT2D eigenvalue weighted by atomic mass is 16.5. The summed E-state index contributed by atoms with van der Waals surface area (Å²) in [5.41, 5.74) is 0. The first-order valence-corrected chi connectivity index (χ1v) is 8.01. The molecule has 0 bridgehead atoms. The molecule has 0 aromatic heterocycles. The fraction of sp³-hybridized carbons (Fsp3) is 0.938. The Kier molecular flexibility index (Phi) is 13.4. The van der Waals surface area contributed by atoms with E-state index in [1.54, 1.807) is 0 Å². The van der Waals surface area contributed by atoms with Crippen LogP contribution in [0.2, 0.25) is 0 Å². The van der Waals surface area contributed by atoms with Gasteiger partial charge in [-0.05, 0) is 13.3 Å². The predicted octanol–water partition coefficient (Wildman–Crippen LogP) is 4.22. The van der Waals surface area contributed by atoms with Crippen molar-refractivity contribution in [2.45, 2.75) is 90.6 Å². The van der Waals surface area contributed by atoms with Crippen LogP contribution in [0.4, 0.5) is 0 Å². The largest absolute Gasteiger partial charge is 0.463 e. The molecule has 0 spiro atoms. The van der Waals surface area contributed by atoms with Gasteiger partial charge in [-0.25, -0.2) is 0 Å². The molecule has 0 aliphatic heterocycles. The molecule has 19 heavy (non-hydrogen) atoms. The van der Waals surface area contributed by atoms with E-state index in [-0.39, 0.29) is 18.7 Å². The number of hydrogen-bond acceptors (Lipinski definition) is 3. The van der Waals surface area contributed by atoms with E-state index in [0.717, 1.165) is 12.8 Å². The lowest BCUT2D eigenvalue weighted by molar-refractivity contribution is -0.148. The third-order valence-electron chi connectivity index (χ3n) is 3.35. The summed E-state index contributed by atoms with van der Waals surface area (Å²) in [4.78, 5) is 11.4. The highest BCUT2D eigenvalue weighted by Crippen LogP contribution is 2.11. The summed E-state index contributed by atoms with van der Waals surface area (Å²) < 4.78 is 5.16. The molecular weight excluding hydrogens is 240 g/mol. The van der Waals surface area contributed by atoms with Crippen molar-refractivity contribution in [2.75, 3.05) is 6.61 Å². The maximum Gasteiger partial charge on any atom is 0.306 e. The number of aliphatic hydroxyl groups is 1. The normalized spacial score (nSPS) is 12.4. The summed E-state index contributed by atoms with van der Waals surface area (Å²) in [6.45, 7) is 4.14. The molecule has 3 heteroatoms. The maximum absolute atomic E-state index is 11.4. The predicted molar refractivity (Wildman–Crippen MR) is 79.1 cm³/mol. The zero-order chi connectivity index (χ0) is 14.3. The van der Waals surface area contributed by atoms with Gasteiger partial charge in [-0.1, -0.05) is 58.3 Å². The van der Waals surface area contributed by atoms with Gasteiger partial charge in [0.15, 0.2) is 0 Å². The summed E-state index contributed by atoms with van der Waals surface area (Å²) >= 11 is 0. The first-order valence-electron chi connectivity index (χ1n) is 8.01. The van der Waals surface area contributed by atoms with Gasteiger partial charge in [0.1, 0.15) is 6.10 Å². The fourth-order valence-electron chi connectivity index (χ4n) is 2.10. The number of carbonyl (C=O) groups is 1. The molecule has 114 valence electrons. The monoisotopic (exact) mass is 272 g/mol. The van der Waals surface area contributed by atoms with Gasteiger partial charge >= 0.3 is 5.97 Å². The Balaban J connectivity index is 3.23. The first kappa shape index (κ1) is 18.4. The quantitative estimate of drug-likeness (QED) is 0.403. The smallest absolute Gasteiger partial charge is 0.306 e. The summed E-state index contributed by atoms with van der Waals surface area (Å²) in [6.07, 6.45) is 12.2. The van der Waals surface area contributed by atoms with Crippen molar-refractivity contribution in [2.24, 2.45) is 0 Å². The number of hydrogen-bond donors (Lipinski definition) is 1. The lowest BCUT2D eigenvalue weighted by atomic mass is 10.1. The standard InChI is InChI=1S/C16H32O3/c1-3-4-5-6-7-8-9-10-11-12-16(18)19-15(2)13-14-17/h15,17H,3-14H2,1-2H3. The number of carbonyl (C=O) groups excluding carboxylic acids is 1. The summed E-state index contributed by atoms with van der Waals surface area (Å²) in [7, 11) is 0. The molecular formula is C16H32O3. The Morgan fingerprint density at radius 2 is 1.53 bits per heavy atom. The Morgan fingerprint density at radius 3 is 2.05 bits per heavy atom. The Hall–Kier alpha value is -0.570. The van der Waals surface area contributed by atoms with E-state index >= 15 is 0 Å². The average molecular weight is 272 g/mol. The number of aliphatic hydroxyl groups excluding tert-OH is 1. The molecule has 0 rings (SSSR count). The highest BCUT2D eigenvalue weighted by Gasteiger charge is 2.08. The minimum atomic E-state index is -0.156. The van der Waals surface area contributed by atoms with Gasteiger partial charge in [0.25, 0.3) is 0 Å². The summed E-state index contributed by atoms with van der Waals surface area (Å²) in [5, 5.41) is 8.71. The molecule has 1 unspecified atom stereocenters. The maximum atomic E-state index is 11.4. The van der Waals surface area contributed by atoms with Gasteiger partial charge < -0.3 is 9.84 Å². The number of ether oxygens (including phenoxy) is 1. The minimum Gasteiger partial charge on any atom is -0.463 e. The first-order chi connectivity index (χ1) is 9.20. The molecule has 0 radical (unpaired) electrons. The van der Waals surface area contributed by atoms with Crippen molar-refractivity contribution >= 4 is 5.97 Å². The molecule has 0 aromatic carbocycles. The molecule has 0 amide bonds. The van der Waals surface area contributed by atoms with Gasteiger partial charge in [0.2, 0.25) is 0 Å². The van der Waals surface area contributed by atoms with Crippen LogP contribution in [-0.2, 0) is 9.53 Å². The molecule has 1 N–H and O–H groups in total. The van der Waals surface area contributed by atoms with Crippen LogP contribution >= 0.6 is 0 Å². The second-order valence-electron chi connectivity index (χ2n) is 5.39. The second kappa shape index (κ2) is 13.9. The van der Waals surface area contributed by atoms with Crippen LogP contribution in [0.3, 0.4) is 0 Å². The van der Waals surface area contributed by atoms with E-state index in [4.69, 9.17) is 9.84 Å². The van der Waals surface area contributed by atoms with Crippen molar-refractivity contribution in [1.82, 2.24) is 0 Å². The zero-order valence-electron chi connectivity index (χ0n) is 12.8. The summed E-state index contributed by atoms with van der Waals surface area (Å²) in [5.74, 6) is -0.121. The van der Waals surface area contributed by atoms with Crippen LogP contribution in [0.1, 0.15) is 84.5 Å². The van der Waals surface area contributed by atoms with E-state index < -0.39 is 0 Å². The number of esters is 1. The van der Waals surface area contributed by atoms with Crippen molar-refractivity contribution < 1.29 is 14.6 Å². The van der Waals surface area contributed by atoms with E-state index in [9.17, 15) is 4.79 Å². The minimum absolute atomic E-state index is 0.0759. The number of unbranched alkanes of at least 4 members (excludes halogenated alkanes) is 8. The lowest BCUT2D eigenvalue weighted by Crippen LogP contribution is -2.15. The Labute approximate surface area is 118 Å². The SMILES string of the molecule is CCCCCCCCCCCC(=O)OC(C)CCO. The van der Waals surface area contributed by atoms with E-state index in [1.807, 2.05) is 6.92 Å².